The Morgan fingerprint density at radius 3 is 2.12 bits per heavy atom. The summed E-state index contributed by atoms with van der Waals surface area (Å²) in [6, 6.07) is 0. The van der Waals surface area contributed by atoms with Crippen molar-refractivity contribution >= 4 is 23.2 Å². The Bertz CT molecular complexity index is 88.4. The van der Waals surface area contributed by atoms with Crippen LogP contribution in [-0.4, -0.2) is 11.6 Å². The second kappa shape index (κ2) is 3.33. The molecule has 8 heavy (non-hydrogen) atoms. The third-order valence-corrected chi connectivity index (χ3v) is 1.19. The molecular weight excluding hydrogens is 147 g/mol. The number of ether oxygens (including phenoxy) is 1. The maximum Gasteiger partial charge on any atom is 0.236 e. The zero-order valence-corrected chi connectivity index (χ0v) is 6.33. The van der Waals surface area contributed by atoms with Gasteiger partial charge in [-0.2, -0.15) is 0 Å². The van der Waals surface area contributed by atoms with E-state index in [2.05, 4.69) is 4.74 Å². The first-order valence-electron chi connectivity index (χ1n) is 2.19. The van der Waals surface area contributed by atoms with Crippen LogP contribution in [0.25, 0.3) is 0 Å². The molecule has 0 aliphatic heterocycles. The Morgan fingerprint density at radius 2 is 2.00 bits per heavy atom. The zero-order chi connectivity index (χ0) is 6.62. The van der Waals surface area contributed by atoms with Gasteiger partial charge in [0.05, 0.1) is 0 Å². The smallest absolute Gasteiger partial charge is 0.236 e. The van der Waals surface area contributed by atoms with E-state index in [0.717, 1.165) is 0 Å². The lowest BCUT2D eigenvalue weighted by molar-refractivity contribution is 0.170. The standard InChI is InChI=1S/C5H8Cl2O/c1-3-4-5(6,7)8-2/h3-4H,1-2H3/b4-3-. The van der Waals surface area contributed by atoms with Crippen molar-refractivity contribution in [1.82, 2.24) is 0 Å². The second-order valence-corrected chi connectivity index (χ2v) is 2.58. The van der Waals surface area contributed by atoms with Gasteiger partial charge in [-0.15, -0.1) is 0 Å². The predicted octanol–water partition coefficient (Wildman–Crippen LogP) is 2.34. The zero-order valence-electron chi connectivity index (χ0n) is 4.82. The quantitative estimate of drug-likeness (QED) is 0.439. The molecule has 0 aliphatic rings. The van der Waals surface area contributed by atoms with Crippen LogP contribution in [-0.2, 0) is 4.74 Å². The lowest BCUT2D eigenvalue weighted by atomic mass is 10.5. The van der Waals surface area contributed by atoms with Gasteiger partial charge in [0.25, 0.3) is 0 Å². The van der Waals surface area contributed by atoms with E-state index < -0.39 is 4.52 Å². The van der Waals surface area contributed by atoms with Crippen molar-refractivity contribution in [2.24, 2.45) is 0 Å². The maximum absolute atomic E-state index is 5.48. The number of hydrogen-bond acceptors (Lipinski definition) is 1. The molecule has 48 valence electrons. The minimum atomic E-state index is -1.14. The van der Waals surface area contributed by atoms with Crippen LogP contribution in [0.1, 0.15) is 6.92 Å². The van der Waals surface area contributed by atoms with Crippen LogP contribution >= 0.6 is 23.2 Å². The van der Waals surface area contributed by atoms with Gasteiger partial charge in [0.1, 0.15) is 0 Å². The van der Waals surface area contributed by atoms with Gasteiger partial charge >= 0.3 is 0 Å². The Labute approximate surface area is 59.2 Å². The number of hydrogen-bond donors (Lipinski definition) is 0. The molecule has 0 aromatic heterocycles. The fourth-order valence-corrected chi connectivity index (χ4v) is 0.514. The summed E-state index contributed by atoms with van der Waals surface area (Å²) in [5.41, 5.74) is 0. The van der Waals surface area contributed by atoms with Crippen molar-refractivity contribution in [2.75, 3.05) is 7.11 Å². The average Bonchev–Trinajstić information content (AvgIpc) is 1.67. The molecule has 0 atom stereocenters. The van der Waals surface area contributed by atoms with Gasteiger partial charge < -0.3 is 4.74 Å². The number of rotatable bonds is 2. The van der Waals surface area contributed by atoms with E-state index in [1.54, 1.807) is 12.2 Å². The van der Waals surface area contributed by atoms with Crippen LogP contribution < -0.4 is 0 Å². The highest BCUT2D eigenvalue weighted by molar-refractivity contribution is 6.48. The van der Waals surface area contributed by atoms with Crippen molar-refractivity contribution in [3.8, 4) is 0 Å². The van der Waals surface area contributed by atoms with Crippen molar-refractivity contribution in [2.45, 2.75) is 11.4 Å². The Morgan fingerprint density at radius 1 is 1.50 bits per heavy atom. The summed E-state index contributed by atoms with van der Waals surface area (Å²) in [6.07, 6.45) is 3.28. The summed E-state index contributed by atoms with van der Waals surface area (Å²) < 4.78 is 3.48. The number of methoxy groups -OCH3 is 1. The molecule has 0 spiro atoms. The molecule has 0 aromatic carbocycles. The first-order valence-corrected chi connectivity index (χ1v) is 2.95. The summed E-state index contributed by atoms with van der Waals surface area (Å²) in [7, 11) is 1.44. The van der Waals surface area contributed by atoms with Gasteiger partial charge in [-0.05, 0) is 13.0 Å². The fraction of sp³-hybridized carbons (Fsp3) is 0.600. The van der Waals surface area contributed by atoms with Gasteiger partial charge in [0.2, 0.25) is 4.52 Å². The van der Waals surface area contributed by atoms with E-state index in [1.807, 2.05) is 6.92 Å². The number of alkyl halides is 2. The second-order valence-electron chi connectivity index (χ2n) is 1.27. The highest BCUT2D eigenvalue weighted by atomic mass is 35.5. The summed E-state index contributed by atoms with van der Waals surface area (Å²) in [6.45, 7) is 1.82. The monoisotopic (exact) mass is 154 g/mol. The van der Waals surface area contributed by atoms with Crippen LogP contribution in [0.5, 0.6) is 0 Å². The van der Waals surface area contributed by atoms with Crippen LogP contribution in [0.2, 0.25) is 0 Å². The third-order valence-electron chi connectivity index (χ3n) is 0.633. The van der Waals surface area contributed by atoms with Crippen molar-refractivity contribution in [3.05, 3.63) is 12.2 Å². The molecule has 0 aromatic rings. The Hall–Kier alpha value is 0.280. The highest BCUT2D eigenvalue weighted by Gasteiger charge is 2.16. The van der Waals surface area contributed by atoms with E-state index in [0.29, 0.717) is 0 Å². The molecule has 0 radical (unpaired) electrons. The molecular formula is C5H8Cl2O. The van der Waals surface area contributed by atoms with Crippen LogP contribution in [0.15, 0.2) is 12.2 Å². The molecule has 0 saturated heterocycles. The highest BCUT2D eigenvalue weighted by Crippen LogP contribution is 2.22. The molecule has 0 saturated carbocycles. The summed E-state index contributed by atoms with van der Waals surface area (Å²) in [4.78, 5) is 0. The summed E-state index contributed by atoms with van der Waals surface area (Å²) >= 11 is 11.0. The van der Waals surface area contributed by atoms with E-state index in [1.165, 1.54) is 7.11 Å². The predicted molar refractivity (Wildman–Crippen MR) is 36.3 cm³/mol. The average molecular weight is 155 g/mol. The normalized spacial score (nSPS) is 13.0. The molecule has 0 bridgehead atoms. The van der Waals surface area contributed by atoms with Crippen molar-refractivity contribution in [3.63, 3.8) is 0 Å². The van der Waals surface area contributed by atoms with Gasteiger partial charge in [0, 0.05) is 7.11 Å². The number of halogens is 2. The van der Waals surface area contributed by atoms with Gasteiger partial charge in [0.15, 0.2) is 0 Å². The maximum atomic E-state index is 5.48. The summed E-state index contributed by atoms with van der Waals surface area (Å²) in [5, 5.41) is 0. The molecule has 0 aliphatic carbocycles. The topological polar surface area (TPSA) is 9.23 Å². The SMILES string of the molecule is C/C=C\C(Cl)(Cl)OC. The lowest BCUT2D eigenvalue weighted by Crippen LogP contribution is -2.10. The van der Waals surface area contributed by atoms with E-state index >= 15 is 0 Å². The van der Waals surface area contributed by atoms with E-state index in [9.17, 15) is 0 Å². The van der Waals surface area contributed by atoms with E-state index in [4.69, 9.17) is 23.2 Å². The lowest BCUT2D eigenvalue weighted by Gasteiger charge is -2.10. The van der Waals surface area contributed by atoms with Gasteiger partial charge in [-0.3, -0.25) is 0 Å². The summed E-state index contributed by atoms with van der Waals surface area (Å²) in [5.74, 6) is 0. The van der Waals surface area contributed by atoms with Crippen molar-refractivity contribution < 1.29 is 4.74 Å². The molecule has 3 heteroatoms. The minimum Gasteiger partial charge on any atom is -0.347 e. The molecule has 0 fully saturated rings. The third kappa shape index (κ3) is 3.30. The largest absolute Gasteiger partial charge is 0.347 e. The molecule has 1 nitrogen and oxygen atoms in total. The molecule has 0 rings (SSSR count). The van der Waals surface area contributed by atoms with Crippen molar-refractivity contribution in [1.29, 1.82) is 0 Å². The fourth-order valence-electron chi connectivity index (χ4n) is 0.262. The Balaban J connectivity index is 3.71. The molecule has 0 unspecified atom stereocenters. The van der Waals surface area contributed by atoms with Crippen LogP contribution in [0, 0.1) is 0 Å². The first-order chi connectivity index (χ1) is 3.62. The first kappa shape index (κ1) is 8.28. The van der Waals surface area contributed by atoms with Gasteiger partial charge in [-0.1, -0.05) is 29.3 Å². The van der Waals surface area contributed by atoms with Gasteiger partial charge in [-0.25, -0.2) is 0 Å². The van der Waals surface area contributed by atoms with Crippen LogP contribution in [0.3, 0.4) is 0 Å². The van der Waals surface area contributed by atoms with E-state index in [-0.39, 0.29) is 0 Å². The minimum absolute atomic E-state index is 1.14. The number of allylic oxidation sites excluding steroid dienone is 1. The Kier molecular flexibility index (Phi) is 3.45. The van der Waals surface area contributed by atoms with Crippen LogP contribution in [0.4, 0.5) is 0 Å². The molecule has 0 amide bonds. The molecule has 0 N–H and O–H groups in total. The molecule has 0 heterocycles.